The van der Waals surface area contributed by atoms with Crippen LogP contribution in [0, 0.1) is 5.82 Å². The van der Waals surface area contributed by atoms with E-state index in [9.17, 15) is 4.39 Å². The van der Waals surface area contributed by atoms with Crippen molar-refractivity contribution in [2.75, 3.05) is 5.88 Å². The highest BCUT2D eigenvalue weighted by molar-refractivity contribution is 6.30. The second-order valence-electron chi connectivity index (χ2n) is 4.18. The van der Waals surface area contributed by atoms with E-state index in [4.69, 9.17) is 23.2 Å². The highest BCUT2D eigenvalue weighted by atomic mass is 35.5. The molecule has 2 rings (SSSR count). The van der Waals surface area contributed by atoms with Crippen molar-refractivity contribution in [2.45, 2.75) is 12.3 Å². The molecule has 1 unspecified atom stereocenters. The molecule has 0 fully saturated rings. The van der Waals surface area contributed by atoms with E-state index in [1.807, 2.05) is 30.3 Å². The minimum atomic E-state index is -0.342. The summed E-state index contributed by atoms with van der Waals surface area (Å²) in [4.78, 5) is 0. The fourth-order valence-electron chi connectivity index (χ4n) is 1.96. The van der Waals surface area contributed by atoms with Crippen LogP contribution in [0.15, 0.2) is 48.5 Å². The van der Waals surface area contributed by atoms with E-state index < -0.39 is 0 Å². The molecule has 0 aliphatic carbocycles. The van der Waals surface area contributed by atoms with E-state index >= 15 is 0 Å². The minimum absolute atomic E-state index is 0.0980. The summed E-state index contributed by atoms with van der Waals surface area (Å²) in [7, 11) is 0. The topological polar surface area (TPSA) is 0 Å². The van der Waals surface area contributed by atoms with Crippen LogP contribution >= 0.6 is 23.2 Å². The van der Waals surface area contributed by atoms with Crippen LogP contribution in [0.3, 0.4) is 0 Å². The van der Waals surface area contributed by atoms with Gasteiger partial charge in [0.2, 0.25) is 0 Å². The summed E-state index contributed by atoms with van der Waals surface area (Å²) in [5.41, 5.74) is 1.73. The third-order valence-electron chi connectivity index (χ3n) is 2.96. The highest BCUT2D eigenvalue weighted by Crippen LogP contribution is 2.26. The van der Waals surface area contributed by atoms with Crippen molar-refractivity contribution in [3.8, 4) is 0 Å². The summed E-state index contributed by atoms with van der Waals surface area (Å²) < 4.78 is 13.8. The van der Waals surface area contributed by atoms with Crippen molar-refractivity contribution < 1.29 is 4.39 Å². The molecule has 0 aliphatic heterocycles. The van der Waals surface area contributed by atoms with Gasteiger partial charge in [-0.25, -0.2) is 4.39 Å². The monoisotopic (exact) mass is 282 g/mol. The molecule has 1 atom stereocenters. The van der Waals surface area contributed by atoms with Gasteiger partial charge in [-0.1, -0.05) is 54.1 Å². The number of halogens is 3. The maximum absolute atomic E-state index is 13.8. The standard InChI is InChI=1S/C15H13Cl2F/c16-10-13(11-5-2-1-3-6-11)9-12-7-4-8-14(17)15(12)18/h1-8,13H,9-10H2. The third-order valence-corrected chi connectivity index (χ3v) is 3.62. The van der Waals surface area contributed by atoms with E-state index in [0.717, 1.165) is 5.56 Å². The van der Waals surface area contributed by atoms with Crippen LogP contribution in [0.4, 0.5) is 4.39 Å². The van der Waals surface area contributed by atoms with Crippen LogP contribution in [0.5, 0.6) is 0 Å². The Balaban J connectivity index is 2.24. The number of hydrogen-bond acceptors (Lipinski definition) is 0. The predicted molar refractivity (Wildman–Crippen MR) is 75.0 cm³/mol. The molecule has 0 amide bonds. The molecule has 0 spiro atoms. The molecule has 0 bridgehead atoms. The average Bonchev–Trinajstić information content (AvgIpc) is 2.41. The quantitative estimate of drug-likeness (QED) is 0.689. The van der Waals surface area contributed by atoms with Crippen molar-refractivity contribution >= 4 is 23.2 Å². The first-order valence-corrected chi connectivity index (χ1v) is 6.67. The Morgan fingerprint density at radius 3 is 2.39 bits per heavy atom. The normalized spacial score (nSPS) is 12.4. The molecular formula is C15H13Cl2F. The molecule has 0 N–H and O–H groups in total. The van der Waals surface area contributed by atoms with Gasteiger partial charge in [-0.05, 0) is 23.6 Å². The maximum Gasteiger partial charge on any atom is 0.144 e. The first-order chi connectivity index (χ1) is 8.72. The van der Waals surface area contributed by atoms with Gasteiger partial charge in [-0.15, -0.1) is 11.6 Å². The first kappa shape index (κ1) is 13.4. The van der Waals surface area contributed by atoms with Crippen molar-refractivity contribution in [1.82, 2.24) is 0 Å². The average molecular weight is 283 g/mol. The lowest BCUT2D eigenvalue weighted by molar-refractivity contribution is 0.599. The molecule has 0 radical (unpaired) electrons. The minimum Gasteiger partial charge on any atom is -0.205 e. The second kappa shape index (κ2) is 6.21. The number of benzene rings is 2. The summed E-state index contributed by atoms with van der Waals surface area (Å²) in [6.45, 7) is 0. The summed E-state index contributed by atoms with van der Waals surface area (Å²) in [5, 5.41) is 0.161. The van der Waals surface area contributed by atoms with Gasteiger partial charge in [-0.3, -0.25) is 0 Å². The molecule has 2 aromatic carbocycles. The van der Waals surface area contributed by atoms with Crippen LogP contribution in [-0.4, -0.2) is 5.88 Å². The highest BCUT2D eigenvalue weighted by Gasteiger charge is 2.14. The van der Waals surface area contributed by atoms with Gasteiger partial charge < -0.3 is 0 Å². The molecule has 0 saturated heterocycles. The predicted octanol–water partition coefficient (Wildman–Crippen LogP) is 5.04. The summed E-state index contributed by atoms with van der Waals surface area (Å²) in [5.74, 6) is 0.210. The molecule has 18 heavy (non-hydrogen) atoms. The summed E-state index contributed by atoms with van der Waals surface area (Å²) in [6.07, 6.45) is 0.555. The number of alkyl halides is 1. The fourth-order valence-corrected chi connectivity index (χ4v) is 2.44. The molecule has 3 heteroatoms. The van der Waals surface area contributed by atoms with Crippen molar-refractivity contribution in [1.29, 1.82) is 0 Å². The maximum atomic E-state index is 13.8. The van der Waals surface area contributed by atoms with Gasteiger partial charge in [0.15, 0.2) is 0 Å². The molecule has 94 valence electrons. The number of hydrogen-bond donors (Lipinski definition) is 0. The zero-order valence-electron chi connectivity index (χ0n) is 9.74. The van der Waals surface area contributed by atoms with E-state index in [0.29, 0.717) is 17.9 Å². The van der Waals surface area contributed by atoms with Gasteiger partial charge in [0, 0.05) is 11.8 Å². The lowest BCUT2D eigenvalue weighted by Crippen LogP contribution is -2.06. The molecule has 0 saturated carbocycles. The Kier molecular flexibility index (Phi) is 4.62. The largest absolute Gasteiger partial charge is 0.205 e. The van der Waals surface area contributed by atoms with Gasteiger partial charge >= 0.3 is 0 Å². The fraction of sp³-hybridized carbons (Fsp3) is 0.200. The van der Waals surface area contributed by atoms with Gasteiger partial charge in [0.25, 0.3) is 0 Å². The molecule has 2 aromatic rings. The van der Waals surface area contributed by atoms with Gasteiger partial charge in [-0.2, -0.15) is 0 Å². The summed E-state index contributed by atoms with van der Waals surface area (Å²) >= 11 is 11.8. The van der Waals surface area contributed by atoms with Crippen LogP contribution in [-0.2, 0) is 6.42 Å². The zero-order chi connectivity index (χ0) is 13.0. The smallest absolute Gasteiger partial charge is 0.144 e. The third kappa shape index (κ3) is 3.04. The molecule has 0 nitrogen and oxygen atoms in total. The first-order valence-electron chi connectivity index (χ1n) is 5.76. The zero-order valence-corrected chi connectivity index (χ0v) is 11.3. The molecular weight excluding hydrogens is 270 g/mol. The van der Waals surface area contributed by atoms with Crippen molar-refractivity contribution in [3.05, 3.63) is 70.5 Å². The molecule has 0 aromatic heterocycles. The van der Waals surface area contributed by atoms with E-state index in [-0.39, 0.29) is 16.8 Å². The Morgan fingerprint density at radius 2 is 1.72 bits per heavy atom. The van der Waals surface area contributed by atoms with E-state index in [1.165, 1.54) is 0 Å². The Labute approximate surface area is 116 Å². The SMILES string of the molecule is Fc1c(Cl)cccc1CC(CCl)c1ccccc1. The van der Waals surface area contributed by atoms with Crippen LogP contribution in [0.2, 0.25) is 5.02 Å². The summed E-state index contributed by atoms with van der Waals surface area (Å²) in [6, 6.07) is 15.0. The van der Waals surface area contributed by atoms with Crippen molar-refractivity contribution in [2.24, 2.45) is 0 Å². The second-order valence-corrected chi connectivity index (χ2v) is 4.89. The van der Waals surface area contributed by atoms with E-state index in [2.05, 4.69) is 0 Å². The van der Waals surface area contributed by atoms with E-state index in [1.54, 1.807) is 18.2 Å². The molecule has 0 heterocycles. The lowest BCUT2D eigenvalue weighted by Gasteiger charge is -2.15. The van der Waals surface area contributed by atoms with Crippen LogP contribution in [0.25, 0.3) is 0 Å². The molecule has 0 aliphatic rings. The Morgan fingerprint density at radius 1 is 1.00 bits per heavy atom. The Bertz CT molecular complexity index is 511. The van der Waals surface area contributed by atoms with Gasteiger partial charge in [0.1, 0.15) is 5.82 Å². The number of rotatable bonds is 4. The van der Waals surface area contributed by atoms with Crippen LogP contribution < -0.4 is 0 Å². The van der Waals surface area contributed by atoms with Crippen molar-refractivity contribution in [3.63, 3.8) is 0 Å². The van der Waals surface area contributed by atoms with Crippen LogP contribution in [0.1, 0.15) is 17.0 Å². The van der Waals surface area contributed by atoms with Gasteiger partial charge in [0.05, 0.1) is 5.02 Å². The lowest BCUT2D eigenvalue weighted by atomic mass is 9.93. The Hall–Kier alpha value is -1.05.